The predicted octanol–water partition coefficient (Wildman–Crippen LogP) is 5.91. The van der Waals surface area contributed by atoms with Crippen molar-refractivity contribution in [2.24, 2.45) is 5.92 Å². The van der Waals surface area contributed by atoms with Gasteiger partial charge in [-0.3, -0.25) is 4.90 Å². The molecule has 0 spiro atoms. The van der Waals surface area contributed by atoms with E-state index < -0.39 is 5.60 Å². The highest BCUT2D eigenvalue weighted by Crippen LogP contribution is 2.49. The van der Waals surface area contributed by atoms with Crippen molar-refractivity contribution in [3.63, 3.8) is 0 Å². The number of benzene rings is 2. The monoisotopic (exact) mass is 418 g/mol. The van der Waals surface area contributed by atoms with Crippen LogP contribution in [0.15, 0.2) is 60.7 Å². The summed E-state index contributed by atoms with van der Waals surface area (Å²) in [5.41, 5.74) is 3.39. The lowest BCUT2D eigenvalue weighted by molar-refractivity contribution is -0.122. The first-order chi connectivity index (χ1) is 15.1. The van der Waals surface area contributed by atoms with Gasteiger partial charge in [0.1, 0.15) is 0 Å². The van der Waals surface area contributed by atoms with Crippen LogP contribution in [0.1, 0.15) is 63.1 Å². The largest absolute Gasteiger partial charge is 0.389 e. The van der Waals surface area contributed by atoms with Gasteiger partial charge in [-0.2, -0.15) is 0 Å². The number of hydrogen-bond donors (Lipinski definition) is 1. The molecule has 1 aliphatic heterocycles. The van der Waals surface area contributed by atoms with E-state index in [-0.39, 0.29) is 6.04 Å². The van der Waals surface area contributed by atoms with Crippen LogP contribution in [0.3, 0.4) is 0 Å². The zero-order valence-corrected chi connectivity index (χ0v) is 19.2. The molecule has 2 fully saturated rings. The molecule has 1 N–H and O–H groups in total. The molecule has 3 nitrogen and oxygen atoms in total. The van der Waals surface area contributed by atoms with Crippen LogP contribution in [0.25, 0.3) is 6.08 Å². The summed E-state index contributed by atoms with van der Waals surface area (Å²) in [4.78, 5) is 4.98. The second-order valence-corrected chi connectivity index (χ2v) is 9.22. The van der Waals surface area contributed by atoms with Crippen LogP contribution in [-0.4, -0.2) is 41.8 Å². The van der Waals surface area contributed by atoms with Crippen LogP contribution in [0.2, 0.25) is 0 Å². The zero-order valence-electron chi connectivity index (χ0n) is 19.2. The van der Waals surface area contributed by atoms with Gasteiger partial charge in [-0.15, -0.1) is 0 Å². The maximum atomic E-state index is 11.5. The highest BCUT2D eigenvalue weighted by Gasteiger charge is 2.48. The van der Waals surface area contributed by atoms with Gasteiger partial charge >= 0.3 is 0 Å². The molecule has 0 unspecified atom stereocenters. The summed E-state index contributed by atoms with van der Waals surface area (Å²) in [6.45, 7) is 8.34. The fourth-order valence-electron chi connectivity index (χ4n) is 5.75. The van der Waals surface area contributed by atoms with Crippen LogP contribution < -0.4 is 4.90 Å². The molecule has 2 aliphatic rings. The van der Waals surface area contributed by atoms with Crippen molar-refractivity contribution in [1.82, 2.24) is 4.90 Å². The number of likely N-dealkylation sites (tertiary alicyclic amines) is 1. The van der Waals surface area contributed by atoms with E-state index in [2.05, 4.69) is 90.4 Å². The average Bonchev–Trinajstić information content (AvgIpc) is 2.81. The molecule has 2 aromatic rings. The number of fused-ring (bicyclic) bond motifs is 1. The van der Waals surface area contributed by atoms with E-state index in [4.69, 9.17) is 0 Å². The quantitative estimate of drug-likeness (QED) is 0.605. The number of piperidine rings is 1. The molecule has 0 bridgehead atoms. The van der Waals surface area contributed by atoms with Crippen LogP contribution in [0.5, 0.6) is 0 Å². The summed E-state index contributed by atoms with van der Waals surface area (Å²) < 4.78 is 0. The van der Waals surface area contributed by atoms with E-state index in [1.54, 1.807) is 0 Å². The molecule has 31 heavy (non-hydrogen) atoms. The van der Waals surface area contributed by atoms with Gasteiger partial charge in [0.15, 0.2) is 0 Å². The summed E-state index contributed by atoms with van der Waals surface area (Å²) in [5, 5.41) is 11.5. The van der Waals surface area contributed by atoms with Gasteiger partial charge in [0, 0.05) is 43.8 Å². The molecule has 4 rings (SSSR count). The SMILES string of the molecule is CCN(CC)c1ccc([C@@H]2[C@@H]3CCCC[C@@]3(O)CCN2C/C=C/c2ccccc2)cc1. The van der Waals surface area contributed by atoms with Crippen LogP contribution in [0, 0.1) is 5.92 Å². The number of anilines is 1. The average molecular weight is 419 g/mol. The molecule has 1 saturated carbocycles. The molecule has 0 aromatic heterocycles. The Morgan fingerprint density at radius 3 is 2.45 bits per heavy atom. The maximum absolute atomic E-state index is 11.5. The minimum absolute atomic E-state index is 0.283. The van der Waals surface area contributed by atoms with Crippen molar-refractivity contribution in [3.8, 4) is 0 Å². The van der Waals surface area contributed by atoms with Gasteiger partial charge in [0.05, 0.1) is 5.60 Å². The molecular weight excluding hydrogens is 380 g/mol. The highest BCUT2D eigenvalue weighted by atomic mass is 16.3. The van der Waals surface area contributed by atoms with Gasteiger partial charge in [-0.05, 0) is 56.4 Å². The summed E-state index contributed by atoms with van der Waals surface area (Å²) in [6, 6.07) is 20.0. The lowest BCUT2D eigenvalue weighted by Gasteiger charge is -2.52. The predicted molar refractivity (Wildman–Crippen MR) is 131 cm³/mol. The maximum Gasteiger partial charge on any atom is 0.0706 e. The Morgan fingerprint density at radius 1 is 1.00 bits per heavy atom. The first kappa shape index (κ1) is 22.1. The van der Waals surface area contributed by atoms with Crippen molar-refractivity contribution in [1.29, 1.82) is 0 Å². The Balaban J connectivity index is 1.59. The third kappa shape index (κ3) is 4.88. The molecule has 0 radical (unpaired) electrons. The highest BCUT2D eigenvalue weighted by molar-refractivity contribution is 5.49. The standard InChI is InChI=1S/C28H38N2O/c1-3-29(4-2)25-17-15-24(16-18-25)27-26-14-8-9-19-28(26,31)20-22-30(27)21-10-13-23-11-6-5-7-12-23/h5-7,10-13,15-18,26-27,31H,3-4,8-9,14,19-22H2,1-2H3/b13-10+/t26-,27+,28+/m0/s1. The van der Waals surface area contributed by atoms with Gasteiger partial charge in [0.25, 0.3) is 0 Å². The molecule has 1 saturated heterocycles. The number of rotatable bonds is 7. The first-order valence-corrected chi connectivity index (χ1v) is 12.2. The fraction of sp³-hybridized carbons (Fsp3) is 0.500. The van der Waals surface area contributed by atoms with Crippen molar-refractivity contribution in [2.75, 3.05) is 31.1 Å². The summed E-state index contributed by atoms with van der Waals surface area (Å²) in [5.74, 6) is 0.319. The van der Waals surface area contributed by atoms with E-state index in [1.807, 2.05) is 0 Å². The molecule has 3 heteroatoms. The minimum Gasteiger partial charge on any atom is -0.389 e. The molecular formula is C28H38N2O. The summed E-state index contributed by atoms with van der Waals surface area (Å²) >= 11 is 0. The summed E-state index contributed by atoms with van der Waals surface area (Å²) in [7, 11) is 0. The normalized spacial score (nSPS) is 26.7. The Labute approximate surface area is 188 Å². The Hall–Kier alpha value is -2.10. The second-order valence-electron chi connectivity index (χ2n) is 9.22. The molecule has 3 atom stereocenters. The fourth-order valence-corrected chi connectivity index (χ4v) is 5.75. The smallest absolute Gasteiger partial charge is 0.0706 e. The van der Waals surface area contributed by atoms with E-state index in [0.717, 1.165) is 51.9 Å². The van der Waals surface area contributed by atoms with Crippen LogP contribution >= 0.6 is 0 Å². The zero-order chi connectivity index (χ0) is 21.7. The lowest BCUT2D eigenvalue weighted by atomic mass is 9.66. The van der Waals surface area contributed by atoms with Crippen LogP contribution in [-0.2, 0) is 0 Å². The van der Waals surface area contributed by atoms with E-state index in [1.165, 1.54) is 23.2 Å². The van der Waals surface area contributed by atoms with Gasteiger partial charge in [-0.1, -0.05) is 67.5 Å². The van der Waals surface area contributed by atoms with Crippen molar-refractivity contribution in [2.45, 2.75) is 57.6 Å². The van der Waals surface area contributed by atoms with Gasteiger partial charge < -0.3 is 10.0 Å². The Kier molecular flexibility index (Phi) is 7.14. The topological polar surface area (TPSA) is 26.7 Å². The van der Waals surface area contributed by atoms with E-state index >= 15 is 0 Å². The Bertz CT molecular complexity index is 843. The van der Waals surface area contributed by atoms with E-state index in [9.17, 15) is 5.11 Å². The molecule has 166 valence electrons. The third-order valence-electron chi connectivity index (χ3n) is 7.48. The lowest BCUT2D eigenvalue weighted by Crippen LogP contribution is -2.54. The molecule has 0 amide bonds. The molecule has 1 aliphatic carbocycles. The molecule has 1 heterocycles. The van der Waals surface area contributed by atoms with Gasteiger partial charge in [-0.25, -0.2) is 0 Å². The number of nitrogens with zero attached hydrogens (tertiary/aromatic N) is 2. The first-order valence-electron chi connectivity index (χ1n) is 12.2. The Morgan fingerprint density at radius 2 is 1.74 bits per heavy atom. The summed E-state index contributed by atoms with van der Waals surface area (Å²) in [6.07, 6.45) is 9.88. The second kappa shape index (κ2) is 10.0. The van der Waals surface area contributed by atoms with Crippen molar-refractivity contribution < 1.29 is 5.11 Å². The van der Waals surface area contributed by atoms with Gasteiger partial charge in [0.2, 0.25) is 0 Å². The van der Waals surface area contributed by atoms with E-state index in [0.29, 0.717) is 5.92 Å². The third-order valence-corrected chi connectivity index (χ3v) is 7.48. The molecule has 2 aromatic carbocycles. The number of aliphatic hydroxyl groups is 1. The van der Waals surface area contributed by atoms with Crippen molar-refractivity contribution in [3.05, 3.63) is 71.8 Å². The number of hydrogen-bond acceptors (Lipinski definition) is 3. The minimum atomic E-state index is -0.500. The van der Waals surface area contributed by atoms with Crippen LogP contribution in [0.4, 0.5) is 5.69 Å². The van der Waals surface area contributed by atoms with Crippen molar-refractivity contribution >= 4 is 11.8 Å².